The van der Waals surface area contributed by atoms with Crippen LogP contribution < -0.4 is 4.74 Å². The maximum Gasteiger partial charge on any atom is 0.189 e. The molecule has 0 bridgehead atoms. The van der Waals surface area contributed by atoms with Crippen molar-refractivity contribution in [2.75, 3.05) is 6.79 Å². The van der Waals surface area contributed by atoms with Crippen molar-refractivity contribution in [3.8, 4) is 5.75 Å². The zero-order valence-corrected chi connectivity index (χ0v) is 11.1. The molecule has 4 heteroatoms. The second-order valence-electron chi connectivity index (χ2n) is 4.30. The Bertz CT molecular complexity index is 582. The van der Waals surface area contributed by atoms with Gasteiger partial charge in [0.2, 0.25) is 0 Å². The van der Waals surface area contributed by atoms with Gasteiger partial charge in [0.1, 0.15) is 0 Å². The highest BCUT2D eigenvalue weighted by molar-refractivity contribution is 5.94. The van der Waals surface area contributed by atoms with Gasteiger partial charge < -0.3 is 9.47 Å². The summed E-state index contributed by atoms with van der Waals surface area (Å²) in [5, 5.41) is 0. The Kier molecular flexibility index (Phi) is 4.85. The molecule has 0 heterocycles. The molecule has 0 N–H and O–H groups in total. The Labute approximate surface area is 117 Å². The summed E-state index contributed by atoms with van der Waals surface area (Å²) in [6, 6.07) is 13.7. The van der Waals surface area contributed by atoms with Gasteiger partial charge in [0.25, 0.3) is 0 Å². The van der Waals surface area contributed by atoms with Gasteiger partial charge in [0.15, 0.2) is 24.1 Å². The van der Waals surface area contributed by atoms with E-state index in [-0.39, 0.29) is 18.3 Å². The van der Waals surface area contributed by atoms with Crippen molar-refractivity contribution in [2.24, 2.45) is 0 Å². The Morgan fingerprint density at radius 2 is 1.90 bits per heavy atom. The number of hydrogen-bond acceptors (Lipinski definition) is 3. The molecule has 2 aromatic rings. The summed E-state index contributed by atoms with van der Waals surface area (Å²) in [7, 11) is 0. The third-order valence-corrected chi connectivity index (χ3v) is 2.75. The highest BCUT2D eigenvalue weighted by Crippen LogP contribution is 2.18. The Balaban J connectivity index is 1.84. The van der Waals surface area contributed by atoms with E-state index >= 15 is 0 Å². The molecular weight excluding hydrogens is 259 g/mol. The number of halogens is 1. The highest BCUT2D eigenvalue weighted by Gasteiger charge is 2.07. The maximum atomic E-state index is 13.6. The smallest absolute Gasteiger partial charge is 0.189 e. The Hall–Kier alpha value is -2.20. The Morgan fingerprint density at radius 1 is 1.15 bits per heavy atom. The highest BCUT2D eigenvalue weighted by atomic mass is 19.1. The van der Waals surface area contributed by atoms with Crippen molar-refractivity contribution < 1.29 is 18.7 Å². The van der Waals surface area contributed by atoms with E-state index < -0.39 is 5.82 Å². The molecule has 2 rings (SSSR count). The maximum absolute atomic E-state index is 13.6. The normalized spacial score (nSPS) is 10.3. The molecule has 104 valence electrons. The van der Waals surface area contributed by atoms with Gasteiger partial charge in [-0.1, -0.05) is 30.3 Å². The Morgan fingerprint density at radius 3 is 2.55 bits per heavy atom. The van der Waals surface area contributed by atoms with E-state index in [0.717, 1.165) is 11.6 Å². The van der Waals surface area contributed by atoms with Crippen molar-refractivity contribution in [3.63, 3.8) is 0 Å². The van der Waals surface area contributed by atoms with Crippen LogP contribution in [0.3, 0.4) is 0 Å². The summed E-state index contributed by atoms with van der Waals surface area (Å²) in [5.74, 6) is -0.681. The van der Waals surface area contributed by atoms with Gasteiger partial charge in [-0.25, -0.2) is 4.39 Å². The molecule has 0 aliphatic carbocycles. The number of ether oxygens (including phenoxy) is 2. The summed E-state index contributed by atoms with van der Waals surface area (Å²) in [5.41, 5.74) is 1.34. The summed E-state index contributed by atoms with van der Waals surface area (Å²) in [4.78, 5) is 11.1. The number of carbonyl (C=O) groups is 1. The van der Waals surface area contributed by atoms with E-state index in [1.165, 1.54) is 19.1 Å². The van der Waals surface area contributed by atoms with Crippen LogP contribution in [0, 0.1) is 5.82 Å². The van der Waals surface area contributed by atoms with E-state index in [1.54, 1.807) is 0 Å². The minimum Gasteiger partial charge on any atom is -0.464 e. The summed E-state index contributed by atoms with van der Waals surface area (Å²) < 4.78 is 24.1. The third kappa shape index (κ3) is 3.90. The molecule has 0 saturated carbocycles. The largest absolute Gasteiger partial charge is 0.464 e. The van der Waals surface area contributed by atoms with Gasteiger partial charge in [0, 0.05) is 5.56 Å². The molecular formula is C16H15FO3. The number of rotatable bonds is 6. The molecule has 0 atom stereocenters. The van der Waals surface area contributed by atoms with Crippen LogP contribution in [0.15, 0.2) is 48.5 Å². The second kappa shape index (κ2) is 6.82. The van der Waals surface area contributed by atoms with Crippen molar-refractivity contribution in [1.82, 2.24) is 0 Å². The first-order valence-electron chi connectivity index (χ1n) is 6.22. The first kappa shape index (κ1) is 14.2. The fourth-order valence-corrected chi connectivity index (χ4v) is 1.68. The summed E-state index contributed by atoms with van der Waals surface area (Å²) in [6.45, 7) is 1.73. The lowest BCUT2D eigenvalue weighted by molar-refractivity contribution is 0.00302. The zero-order chi connectivity index (χ0) is 14.4. The summed E-state index contributed by atoms with van der Waals surface area (Å²) >= 11 is 0. The van der Waals surface area contributed by atoms with E-state index in [9.17, 15) is 9.18 Å². The van der Waals surface area contributed by atoms with Crippen LogP contribution >= 0.6 is 0 Å². The van der Waals surface area contributed by atoms with Crippen LogP contribution in [-0.4, -0.2) is 12.6 Å². The molecule has 3 nitrogen and oxygen atoms in total. The number of carbonyl (C=O) groups excluding carboxylic acids is 1. The van der Waals surface area contributed by atoms with Crippen molar-refractivity contribution >= 4 is 5.78 Å². The number of benzene rings is 2. The molecule has 0 aliphatic rings. The second-order valence-corrected chi connectivity index (χ2v) is 4.30. The molecule has 2 aromatic carbocycles. The quantitative estimate of drug-likeness (QED) is 0.459. The van der Waals surface area contributed by atoms with Gasteiger partial charge in [-0.05, 0) is 30.7 Å². The fraction of sp³-hybridized carbons (Fsp3) is 0.188. The minimum atomic E-state index is -0.569. The van der Waals surface area contributed by atoms with Crippen LogP contribution in [0.1, 0.15) is 22.8 Å². The van der Waals surface area contributed by atoms with E-state index in [0.29, 0.717) is 12.2 Å². The van der Waals surface area contributed by atoms with Gasteiger partial charge in [-0.3, -0.25) is 4.79 Å². The third-order valence-electron chi connectivity index (χ3n) is 2.75. The van der Waals surface area contributed by atoms with E-state index in [4.69, 9.17) is 9.47 Å². The van der Waals surface area contributed by atoms with Crippen molar-refractivity contribution in [3.05, 3.63) is 65.5 Å². The van der Waals surface area contributed by atoms with Gasteiger partial charge in [-0.2, -0.15) is 0 Å². The standard InChI is InChI=1S/C16H15FO3/c1-12(18)14-7-8-16(15(17)9-14)20-11-19-10-13-5-3-2-4-6-13/h2-9H,10-11H2,1H3. The zero-order valence-electron chi connectivity index (χ0n) is 11.1. The van der Waals surface area contributed by atoms with Crippen LogP contribution in [0.25, 0.3) is 0 Å². The lowest BCUT2D eigenvalue weighted by Gasteiger charge is -2.08. The van der Waals surface area contributed by atoms with Gasteiger partial charge in [0.05, 0.1) is 6.61 Å². The topological polar surface area (TPSA) is 35.5 Å². The summed E-state index contributed by atoms with van der Waals surface area (Å²) in [6.07, 6.45) is 0. The first-order valence-corrected chi connectivity index (χ1v) is 6.22. The van der Waals surface area contributed by atoms with Gasteiger partial charge in [-0.15, -0.1) is 0 Å². The predicted molar refractivity (Wildman–Crippen MR) is 73.1 cm³/mol. The SMILES string of the molecule is CC(=O)c1ccc(OCOCc2ccccc2)c(F)c1. The lowest BCUT2D eigenvalue weighted by Crippen LogP contribution is -2.05. The number of Topliss-reactive ketones (excluding diaryl/α,β-unsaturated/α-hetero) is 1. The minimum absolute atomic E-state index is 0.0504. The van der Waals surface area contributed by atoms with Crippen molar-refractivity contribution in [1.29, 1.82) is 0 Å². The van der Waals surface area contributed by atoms with Gasteiger partial charge >= 0.3 is 0 Å². The van der Waals surface area contributed by atoms with E-state index in [2.05, 4.69) is 0 Å². The molecule has 0 fully saturated rings. The molecule has 0 radical (unpaired) electrons. The molecule has 0 aromatic heterocycles. The van der Waals surface area contributed by atoms with Crippen LogP contribution in [0.2, 0.25) is 0 Å². The molecule has 0 saturated heterocycles. The van der Waals surface area contributed by atoms with Crippen LogP contribution in [0.4, 0.5) is 4.39 Å². The molecule has 20 heavy (non-hydrogen) atoms. The van der Waals surface area contributed by atoms with Crippen LogP contribution in [-0.2, 0) is 11.3 Å². The first-order chi connectivity index (χ1) is 9.66. The molecule has 0 unspecified atom stereocenters. The lowest BCUT2D eigenvalue weighted by atomic mass is 10.1. The van der Waals surface area contributed by atoms with E-state index in [1.807, 2.05) is 30.3 Å². The van der Waals surface area contributed by atoms with Crippen molar-refractivity contribution in [2.45, 2.75) is 13.5 Å². The number of ketones is 1. The number of hydrogen-bond donors (Lipinski definition) is 0. The average Bonchev–Trinajstić information content (AvgIpc) is 2.46. The molecule has 0 spiro atoms. The average molecular weight is 274 g/mol. The monoisotopic (exact) mass is 274 g/mol. The van der Waals surface area contributed by atoms with Crippen LogP contribution in [0.5, 0.6) is 5.75 Å². The molecule has 0 aliphatic heterocycles. The predicted octanol–water partition coefficient (Wildman–Crippen LogP) is 3.58. The fourth-order valence-electron chi connectivity index (χ4n) is 1.68. The molecule has 0 amide bonds.